The van der Waals surface area contributed by atoms with Gasteiger partial charge in [-0.1, -0.05) is 32.9 Å². The Balaban J connectivity index is 2.17. The molecule has 0 saturated carbocycles. The van der Waals surface area contributed by atoms with Gasteiger partial charge in [-0.2, -0.15) is 5.10 Å². The number of ether oxygens (including phenoxy) is 1. The number of aryl methyl sites for hydroxylation is 1. The molecule has 0 radical (unpaired) electrons. The fourth-order valence-corrected chi connectivity index (χ4v) is 2.12. The number of nitrogens with zero attached hydrogens (tertiary/aromatic N) is 2. The Morgan fingerprint density at radius 2 is 1.91 bits per heavy atom. The van der Waals surface area contributed by atoms with E-state index in [0.29, 0.717) is 18.7 Å². The van der Waals surface area contributed by atoms with Crippen molar-refractivity contribution in [2.24, 2.45) is 0 Å². The number of benzene rings is 1. The summed E-state index contributed by atoms with van der Waals surface area (Å²) in [6.07, 6.45) is 1.04. The average molecular weight is 301 g/mol. The van der Waals surface area contributed by atoms with Gasteiger partial charge in [-0.3, -0.25) is 4.79 Å². The van der Waals surface area contributed by atoms with E-state index >= 15 is 0 Å². The normalized spacial score (nSPS) is 11.5. The molecule has 2 rings (SSSR count). The van der Waals surface area contributed by atoms with Gasteiger partial charge in [0.25, 0.3) is 0 Å². The molecular formula is C17H23N3O2. The maximum atomic E-state index is 11.2. The second-order valence-electron chi connectivity index (χ2n) is 6.36. The molecule has 22 heavy (non-hydrogen) atoms. The van der Waals surface area contributed by atoms with Gasteiger partial charge in [0.05, 0.1) is 18.5 Å². The Hall–Kier alpha value is -2.30. The molecule has 0 bridgehead atoms. The first-order valence-corrected chi connectivity index (χ1v) is 7.33. The van der Waals surface area contributed by atoms with E-state index in [0.717, 1.165) is 16.9 Å². The SMILES string of the molecule is COC(=O)CCc1ccc(-n2nc(C(C)(C)C)cc2N)cc1. The van der Waals surface area contributed by atoms with Crippen LogP contribution >= 0.6 is 0 Å². The molecule has 0 saturated heterocycles. The molecule has 0 spiro atoms. The Kier molecular flexibility index (Phi) is 4.54. The fourth-order valence-electron chi connectivity index (χ4n) is 2.12. The van der Waals surface area contributed by atoms with Crippen molar-refractivity contribution in [3.8, 4) is 5.69 Å². The van der Waals surface area contributed by atoms with Crippen LogP contribution in [0.5, 0.6) is 0 Å². The quantitative estimate of drug-likeness (QED) is 0.882. The van der Waals surface area contributed by atoms with Crippen molar-refractivity contribution in [1.82, 2.24) is 9.78 Å². The van der Waals surface area contributed by atoms with Gasteiger partial charge in [0, 0.05) is 17.9 Å². The van der Waals surface area contributed by atoms with Crippen molar-refractivity contribution in [3.05, 3.63) is 41.6 Å². The lowest BCUT2D eigenvalue weighted by Crippen LogP contribution is -2.12. The minimum atomic E-state index is -0.199. The van der Waals surface area contributed by atoms with Gasteiger partial charge in [0.15, 0.2) is 0 Å². The molecule has 2 aromatic rings. The predicted octanol–water partition coefficient (Wildman–Crippen LogP) is 2.86. The molecule has 0 aliphatic carbocycles. The van der Waals surface area contributed by atoms with Crippen LogP contribution in [0, 0.1) is 0 Å². The summed E-state index contributed by atoms with van der Waals surface area (Å²) >= 11 is 0. The first-order valence-electron chi connectivity index (χ1n) is 7.33. The standard InChI is InChI=1S/C17H23N3O2/c1-17(2,3)14-11-15(18)20(19-14)13-8-5-12(6-9-13)7-10-16(21)22-4/h5-6,8-9,11H,7,10,18H2,1-4H3. The molecule has 5 heteroatoms. The smallest absolute Gasteiger partial charge is 0.305 e. The summed E-state index contributed by atoms with van der Waals surface area (Å²) in [4.78, 5) is 11.2. The molecule has 0 atom stereocenters. The third-order valence-corrected chi connectivity index (χ3v) is 3.53. The summed E-state index contributed by atoms with van der Waals surface area (Å²) in [6.45, 7) is 6.32. The van der Waals surface area contributed by atoms with Crippen molar-refractivity contribution in [2.45, 2.75) is 39.0 Å². The highest BCUT2D eigenvalue weighted by Gasteiger charge is 2.19. The molecule has 0 unspecified atom stereocenters. The monoisotopic (exact) mass is 301 g/mol. The molecule has 1 aromatic heterocycles. The number of carbonyl (C=O) groups excluding carboxylic acids is 1. The van der Waals surface area contributed by atoms with Crippen molar-refractivity contribution in [2.75, 3.05) is 12.8 Å². The molecule has 0 aliphatic rings. The summed E-state index contributed by atoms with van der Waals surface area (Å²) in [5.74, 6) is 0.419. The number of hydrogen-bond acceptors (Lipinski definition) is 4. The molecule has 5 nitrogen and oxygen atoms in total. The third-order valence-electron chi connectivity index (χ3n) is 3.53. The van der Waals surface area contributed by atoms with Crippen LogP contribution in [0.3, 0.4) is 0 Å². The van der Waals surface area contributed by atoms with E-state index in [4.69, 9.17) is 5.73 Å². The molecular weight excluding hydrogens is 278 g/mol. The first-order chi connectivity index (χ1) is 10.3. The van der Waals surface area contributed by atoms with E-state index in [1.165, 1.54) is 7.11 Å². The van der Waals surface area contributed by atoms with Gasteiger partial charge in [0.1, 0.15) is 5.82 Å². The number of esters is 1. The van der Waals surface area contributed by atoms with Gasteiger partial charge < -0.3 is 10.5 Å². The first kappa shape index (κ1) is 16.1. The fraction of sp³-hybridized carbons (Fsp3) is 0.412. The van der Waals surface area contributed by atoms with Gasteiger partial charge in [0.2, 0.25) is 0 Å². The third kappa shape index (κ3) is 3.67. The van der Waals surface area contributed by atoms with Crippen LogP contribution in [0.4, 0.5) is 5.82 Å². The molecule has 1 heterocycles. The summed E-state index contributed by atoms with van der Waals surface area (Å²) in [6, 6.07) is 9.79. The maximum Gasteiger partial charge on any atom is 0.305 e. The zero-order valence-electron chi connectivity index (χ0n) is 13.6. The zero-order chi connectivity index (χ0) is 16.3. The van der Waals surface area contributed by atoms with Crippen molar-refractivity contribution < 1.29 is 9.53 Å². The van der Waals surface area contributed by atoms with Crippen molar-refractivity contribution >= 4 is 11.8 Å². The van der Waals surface area contributed by atoms with Crippen LogP contribution in [0.2, 0.25) is 0 Å². The Bertz CT molecular complexity index is 652. The number of nitrogen functional groups attached to an aromatic ring is 1. The van der Waals surface area contributed by atoms with Crippen molar-refractivity contribution in [1.29, 1.82) is 0 Å². The second kappa shape index (κ2) is 6.22. The van der Waals surface area contributed by atoms with Crippen LogP contribution in [0.15, 0.2) is 30.3 Å². The zero-order valence-corrected chi connectivity index (χ0v) is 13.6. The Labute approximate surface area is 131 Å². The van der Waals surface area contributed by atoms with Gasteiger partial charge >= 0.3 is 5.97 Å². The lowest BCUT2D eigenvalue weighted by atomic mass is 9.92. The average Bonchev–Trinajstić information content (AvgIpc) is 2.87. The van der Waals surface area contributed by atoms with Crippen LogP contribution in [-0.4, -0.2) is 22.9 Å². The topological polar surface area (TPSA) is 70.1 Å². The number of nitrogens with two attached hydrogens (primary N) is 1. The highest BCUT2D eigenvalue weighted by Crippen LogP contribution is 2.24. The van der Waals surface area contributed by atoms with E-state index in [1.54, 1.807) is 4.68 Å². The Morgan fingerprint density at radius 3 is 2.41 bits per heavy atom. The molecule has 118 valence electrons. The highest BCUT2D eigenvalue weighted by molar-refractivity contribution is 5.69. The highest BCUT2D eigenvalue weighted by atomic mass is 16.5. The molecule has 1 aromatic carbocycles. The summed E-state index contributed by atoms with van der Waals surface area (Å²) in [7, 11) is 1.40. The maximum absolute atomic E-state index is 11.2. The predicted molar refractivity (Wildman–Crippen MR) is 87.0 cm³/mol. The van der Waals surface area contributed by atoms with E-state index in [1.807, 2.05) is 30.3 Å². The number of anilines is 1. The number of rotatable bonds is 4. The minimum absolute atomic E-state index is 0.0418. The lowest BCUT2D eigenvalue weighted by Gasteiger charge is -2.14. The van der Waals surface area contributed by atoms with Gasteiger partial charge in [-0.15, -0.1) is 0 Å². The van der Waals surface area contributed by atoms with E-state index in [2.05, 4.69) is 30.6 Å². The van der Waals surface area contributed by atoms with E-state index in [9.17, 15) is 4.79 Å². The molecule has 0 aliphatic heterocycles. The number of methoxy groups -OCH3 is 1. The minimum Gasteiger partial charge on any atom is -0.469 e. The second-order valence-corrected chi connectivity index (χ2v) is 6.36. The van der Waals surface area contributed by atoms with Gasteiger partial charge in [-0.25, -0.2) is 4.68 Å². The van der Waals surface area contributed by atoms with E-state index in [-0.39, 0.29) is 11.4 Å². The molecule has 2 N–H and O–H groups in total. The van der Waals surface area contributed by atoms with Gasteiger partial charge in [-0.05, 0) is 24.1 Å². The van der Waals surface area contributed by atoms with Crippen LogP contribution < -0.4 is 5.73 Å². The van der Waals surface area contributed by atoms with Crippen LogP contribution in [-0.2, 0) is 21.4 Å². The van der Waals surface area contributed by atoms with Crippen LogP contribution in [0.25, 0.3) is 5.69 Å². The number of carbonyl (C=O) groups is 1. The lowest BCUT2D eigenvalue weighted by molar-refractivity contribution is -0.140. The largest absolute Gasteiger partial charge is 0.469 e. The molecule has 0 fully saturated rings. The summed E-state index contributed by atoms with van der Waals surface area (Å²) in [5.41, 5.74) is 8.97. The van der Waals surface area contributed by atoms with Crippen LogP contribution in [0.1, 0.15) is 38.4 Å². The van der Waals surface area contributed by atoms with Crippen molar-refractivity contribution in [3.63, 3.8) is 0 Å². The van der Waals surface area contributed by atoms with E-state index < -0.39 is 0 Å². The Morgan fingerprint density at radius 1 is 1.27 bits per heavy atom. The summed E-state index contributed by atoms with van der Waals surface area (Å²) in [5, 5.41) is 4.59. The number of hydrogen-bond donors (Lipinski definition) is 1. The summed E-state index contributed by atoms with van der Waals surface area (Å²) < 4.78 is 6.39. The molecule has 0 amide bonds. The number of aromatic nitrogens is 2.